The fourth-order valence-electron chi connectivity index (χ4n) is 2.65. The molecule has 3 aromatic carbocycles. The monoisotopic (exact) mass is 519 g/mol. The Morgan fingerprint density at radius 1 is 1.03 bits per heavy atom. The molecule has 0 heterocycles. The van der Waals surface area contributed by atoms with Crippen LogP contribution in [0, 0.1) is 6.92 Å². The molecule has 0 radical (unpaired) electrons. The zero-order valence-corrected chi connectivity index (χ0v) is 19.7. The second-order valence-electron chi connectivity index (χ2n) is 6.65. The van der Waals surface area contributed by atoms with Gasteiger partial charge in [0.15, 0.2) is 0 Å². The molecule has 0 aliphatic rings. The average molecular weight is 521 g/mol. The predicted molar refractivity (Wildman–Crippen MR) is 127 cm³/mol. The number of hydrogen-bond donors (Lipinski definition) is 1. The number of aryl methyl sites for hydroxylation is 1. The molecule has 0 atom stereocenters. The van der Waals surface area contributed by atoms with Crippen molar-refractivity contribution in [2.24, 2.45) is 5.10 Å². The molecule has 6 nitrogen and oxygen atoms in total. The molecular weight excluding hydrogens is 502 g/mol. The normalized spacial score (nSPS) is 11.5. The highest BCUT2D eigenvalue weighted by Gasteiger charge is 2.27. The fraction of sp³-hybridized carbons (Fsp3) is 0.0909. The summed E-state index contributed by atoms with van der Waals surface area (Å²) in [6, 6.07) is 20.0. The maximum atomic E-state index is 13.3. The largest absolute Gasteiger partial charge is 0.271 e. The van der Waals surface area contributed by atoms with Crippen LogP contribution in [-0.2, 0) is 14.8 Å². The number of halogens is 2. The molecule has 0 aliphatic heterocycles. The summed E-state index contributed by atoms with van der Waals surface area (Å²) < 4.78 is 28.5. The van der Waals surface area contributed by atoms with E-state index in [9.17, 15) is 13.2 Å². The smallest absolute Gasteiger partial charge is 0.264 e. The van der Waals surface area contributed by atoms with Crippen LogP contribution in [0.5, 0.6) is 0 Å². The number of carbonyl (C=O) groups is 1. The lowest BCUT2D eigenvalue weighted by atomic mass is 10.2. The molecule has 3 rings (SSSR count). The maximum Gasteiger partial charge on any atom is 0.264 e. The van der Waals surface area contributed by atoms with Crippen molar-refractivity contribution in [2.45, 2.75) is 11.8 Å². The minimum Gasteiger partial charge on any atom is -0.271 e. The first kappa shape index (κ1) is 23.0. The molecule has 0 bridgehead atoms. The van der Waals surface area contributed by atoms with Gasteiger partial charge in [-0.2, -0.15) is 5.10 Å². The van der Waals surface area contributed by atoms with Gasteiger partial charge in [0.2, 0.25) is 0 Å². The molecule has 0 unspecified atom stereocenters. The molecule has 9 heteroatoms. The van der Waals surface area contributed by atoms with Crippen molar-refractivity contribution in [1.29, 1.82) is 0 Å². The van der Waals surface area contributed by atoms with Crippen LogP contribution in [0.3, 0.4) is 0 Å². The Hall–Kier alpha value is -2.68. The minimum absolute atomic E-state index is 0.0311. The lowest BCUT2D eigenvalue weighted by Crippen LogP contribution is -2.39. The number of hydrogen-bond acceptors (Lipinski definition) is 4. The van der Waals surface area contributed by atoms with Crippen LogP contribution in [0.15, 0.2) is 87.3 Å². The molecule has 0 fully saturated rings. The predicted octanol–water partition coefficient (Wildman–Crippen LogP) is 4.76. The quantitative estimate of drug-likeness (QED) is 0.360. The van der Waals surface area contributed by atoms with Crippen molar-refractivity contribution in [1.82, 2.24) is 5.43 Å². The van der Waals surface area contributed by atoms with E-state index in [1.54, 1.807) is 24.3 Å². The highest BCUT2D eigenvalue weighted by atomic mass is 79.9. The highest BCUT2D eigenvalue weighted by Crippen LogP contribution is 2.25. The van der Waals surface area contributed by atoms with E-state index in [0.717, 1.165) is 19.9 Å². The van der Waals surface area contributed by atoms with Gasteiger partial charge in [-0.1, -0.05) is 57.4 Å². The topological polar surface area (TPSA) is 78.8 Å². The van der Waals surface area contributed by atoms with Gasteiger partial charge in [-0.15, -0.1) is 0 Å². The lowest BCUT2D eigenvalue weighted by molar-refractivity contribution is -0.119. The summed E-state index contributed by atoms with van der Waals surface area (Å²) in [6.45, 7) is 1.46. The first-order valence-electron chi connectivity index (χ1n) is 9.18. The van der Waals surface area contributed by atoms with Gasteiger partial charge in [0, 0.05) is 9.50 Å². The summed E-state index contributed by atoms with van der Waals surface area (Å²) in [6.07, 6.45) is 1.48. The van der Waals surface area contributed by atoms with E-state index in [1.165, 1.54) is 30.5 Å². The average Bonchev–Trinajstić information content (AvgIpc) is 2.74. The Morgan fingerprint density at radius 3 is 2.26 bits per heavy atom. The van der Waals surface area contributed by atoms with Crippen molar-refractivity contribution < 1.29 is 13.2 Å². The maximum absolute atomic E-state index is 13.3. The van der Waals surface area contributed by atoms with E-state index in [2.05, 4.69) is 26.5 Å². The van der Waals surface area contributed by atoms with Crippen LogP contribution >= 0.6 is 27.5 Å². The van der Waals surface area contributed by atoms with Gasteiger partial charge < -0.3 is 0 Å². The number of hydrazone groups is 1. The van der Waals surface area contributed by atoms with Crippen molar-refractivity contribution in [3.63, 3.8) is 0 Å². The zero-order valence-electron chi connectivity index (χ0n) is 16.5. The molecule has 1 N–H and O–H groups in total. The van der Waals surface area contributed by atoms with Gasteiger partial charge in [-0.25, -0.2) is 13.8 Å². The molecule has 31 heavy (non-hydrogen) atoms. The van der Waals surface area contributed by atoms with Crippen molar-refractivity contribution in [2.75, 3.05) is 10.8 Å². The first-order chi connectivity index (χ1) is 14.8. The third-order valence-electron chi connectivity index (χ3n) is 4.28. The minimum atomic E-state index is -4.00. The number of sulfonamides is 1. The fourth-order valence-corrected chi connectivity index (χ4v) is 4.46. The third kappa shape index (κ3) is 6.16. The molecule has 0 aliphatic carbocycles. The van der Waals surface area contributed by atoms with Crippen molar-refractivity contribution >= 4 is 55.4 Å². The summed E-state index contributed by atoms with van der Waals surface area (Å²) >= 11 is 9.23. The summed E-state index contributed by atoms with van der Waals surface area (Å²) in [5, 5.41) is 4.34. The van der Waals surface area contributed by atoms with E-state index in [1.807, 2.05) is 31.2 Å². The summed E-state index contributed by atoms with van der Waals surface area (Å²) in [7, 11) is -4.00. The lowest BCUT2D eigenvalue weighted by Gasteiger charge is -2.23. The second kappa shape index (κ2) is 10.1. The standard InChI is InChI=1S/C22H19BrClN3O3S/c1-16-2-10-20(11-3-16)27(31(29,30)21-12-8-19(24)9-13-21)15-22(28)26-25-14-17-4-6-18(23)7-5-17/h2-14H,15H2,1H3,(H,26,28)/b25-14-. The van der Waals surface area contributed by atoms with Crippen LogP contribution < -0.4 is 9.73 Å². The molecule has 0 saturated carbocycles. The van der Waals surface area contributed by atoms with Crippen molar-refractivity contribution in [3.05, 3.63) is 93.4 Å². The van der Waals surface area contributed by atoms with E-state index in [4.69, 9.17) is 11.6 Å². The van der Waals surface area contributed by atoms with Crippen LogP contribution in [0.1, 0.15) is 11.1 Å². The number of benzene rings is 3. The van der Waals surface area contributed by atoms with Gasteiger partial charge in [-0.3, -0.25) is 9.10 Å². The van der Waals surface area contributed by atoms with E-state index in [-0.39, 0.29) is 4.90 Å². The number of rotatable bonds is 7. The number of nitrogens with one attached hydrogen (secondary N) is 1. The molecule has 1 amide bonds. The molecule has 3 aromatic rings. The third-order valence-corrected chi connectivity index (χ3v) is 6.85. The SMILES string of the molecule is Cc1ccc(N(CC(=O)N/N=C\c2ccc(Br)cc2)S(=O)(=O)c2ccc(Cl)cc2)cc1. The number of carbonyl (C=O) groups excluding carboxylic acids is 1. The highest BCUT2D eigenvalue weighted by molar-refractivity contribution is 9.10. The van der Waals surface area contributed by atoms with E-state index >= 15 is 0 Å². The van der Waals surface area contributed by atoms with Gasteiger partial charge in [0.05, 0.1) is 16.8 Å². The Bertz CT molecular complexity index is 1180. The summed E-state index contributed by atoms with van der Waals surface area (Å²) in [5.74, 6) is -0.577. The Labute approximate surface area is 194 Å². The first-order valence-corrected chi connectivity index (χ1v) is 11.8. The van der Waals surface area contributed by atoms with Crippen LogP contribution in [0.4, 0.5) is 5.69 Å². The van der Waals surface area contributed by atoms with Crippen LogP contribution in [0.25, 0.3) is 0 Å². The summed E-state index contributed by atoms with van der Waals surface area (Å²) in [5.41, 5.74) is 4.50. The molecule has 160 valence electrons. The van der Waals surface area contributed by atoms with Crippen LogP contribution in [0.2, 0.25) is 5.02 Å². The molecule has 0 aromatic heterocycles. The number of amides is 1. The van der Waals surface area contributed by atoms with Gasteiger partial charge in [0.25, 0.3) is 15.9 Å². The summed E-state index contributed by atoms with van der Waals surface area (Å²) in [4.78, 5) is 12.5. The molecule has 0 spiro atoms. The van der Waals surface area contributed by atoms with E-state index in [0.29, 0.717) is 10.7 Å². The Balaban J connectivity index is 1.82. The van der Waals surface area contributed by atoms with E-state index < -0.39 is 22.5 Å². The second-order valence-corrected chi connectivity index (χ2v) is 9.86. The van der Waals surface area contributed by atoms with Crippen molar-refractivity contribution in [3.8, 4) is 0 Å². The van der Waals surface area contributed by atoms with Gasteiger partial charge in [-0.05, 0) is 61.0 Å². The van der Waals surface area contributed by atoms with Crippen LogP contribution in [-0.4, -0.2) is 27.1 Å². The Morgan fingerprint density at radius 2 is 1.65 bits per heavy atom. The molecule has 0 saturated heterocycles. The van der Waals surface area contributed by atoms with Gasteiger partial charge in [0.1, 0.15) is 6.54 Å². The number of nitrogens with zero attached hydrogens (tertiary/aromatic N) is 2. The molecular formula is C22H19BrClN3O3S. The zero-order chi connectivity index (χ0) is 22.4. The number of anilines is 1. The van der Waals surface area contributed by atoms with Gasteiger partial charge >= 0.3 is 0 Å². The Kier molecular flexibility index (Phi) is 7.48.